The minimum atomic E-state index is -4.76. The second-order valence-electron chi connectivity index (χ2n) is 7.35. The molecule has 2 atom stereocenters. The maximum atomic E-state index is 12.4. The largest absolute Gasteiger partial charge is 0.573 e. The highest BCUT2D eigenvalue weighted by Crippen LogP contribution is 2.29. The summed E-state index contributed by atoms with van der Waals surface area (Å²) in [6.07, 6.45) is -1.57. The first kappa shape index (κ1) is 21.3. The van der Waals surface area contributed by atoms with Crippen LogP contribution >= 0.6 is 0 Å². The van der Waals surface area contributed by atoms with Gasteiger partial charge in [0.25, 0.3) is 0 Å². The van der Waals surface area contributed by atoms with Gasteiger partial charge in [-0.3, -0.25) is 4.99 Å². The van der Waals surface area contributed by atoms with Crippen LogP contribution in [0.4, 0.5) is 18.9 Å². The third-order valence-corrected chi connectivity index (χ3v) is 4.48. The summed E-state index contributed by atoms with van der Waals surface area (Å²) in [5, 5.41) is 2.68. The van der Waals surface area contributed by atoms with E-state index in [1.165, 1.54) is 24.6 Å². The molecule has 1 aromatic rings. The molecule has 0 amide bonds. The number of nitrogens with zero attached hydrogens (tertiary/aromatic N) is 2. The zero-order valence-electron chi connectivity index (χ0n) is 15.9. The lowest BCUT2D eigenvalue weighted by atomic mass is 9.92. The molecule has 2 rings (SSSR count). The number of guanidine groups is 1. The number of likely N-dealkylation sites (tertiary alicyclic amines) is 1. The van der Waals surface area contributed by atoms with E-state index in [1.807, 2.05) is 0 Å². The Bertz CT molecular complexity index is 611. The van der Waals surface area contributed by atoms with Gasteiger partial charge in [-0.15, -0.1) is 13.2 Å². The van der Waals surface area contributed by atoms with Crippen LogP contribution in [-0.4, -0.2) is 43.4 Å². The van der Waals surface area contributed by atoms with Crippen LogP contribution in [0.2, 0.25) is 0 Å². The van der Waals surface area contributed by atoms with Crippen molar-refractivity contribution in [2.45, 2.75) is 39.5 Å². The van der Waals surface area contributed by atoms with Crippen LogP contribution in [-0.2, 0) is 0 Å². The van der Waals surface area contributed by atoms with Crippen molar-refractivity contribution in [3.05, 3.63) is 24.3 Å². The molecule has 0 spiro atoms. The number of halogens is 3. The first-order chi connectivity index (χ1) is 12.7. The zero-order chi connectivity index (χ0) is 19.9. The van der Waals surface area contributed by atoms with Gasteiger partial charge >= 0.3 is 6.36 Å². The van der Waals surface area contributed by atoms with E-state index in [1.54, 1.807) is 6.07 Å². The van der Waals surface area contributed by atoms with Crippen LogP contribution < -0.4 is 15.8 Å². The van der Waals surface area contributed by atoms with Gasteiger partial charge in [-0.1, -0.05) is 26.0 Å². The van der Waals surface area contributed by atoms with Crippen molar-refractivity contribution in [3.8, 4) is 5.75 Å². The Morgan fingerprint density at radius 3 is 2.56 bits per heavy atom. The highest BCUT2D eigenvalue weighted by molar-refractivity contribution is 5.93. The number of benzene rings is 1. The average Bonchev–Trinajstić information content (AvgIpc) is 2.54. The minimum Gasteiger partial charge on any atom is -0.404 e. The Morgan fingerprint density at radius 2 is 1.89 bits per heavy atom. The van der Waals surface area contributed by atoms with Crippen molar-refractivity contribution in [1.82, 2.24) is 4.90 Å². The molecule has 152 valence electrons. The number of nitrogens with one attached hydrogen (secondary N) is 1. The van der Waals surface area contributed by atoms with E-state index in [4.69, 9.17) is 5.73 Å². The van der Waals surface area contributed by atoms with E-state index in [0.717, 1.165) is 44.3 Å². The molecule has 1 aromatic carbocycles. The van der Waals surface area contributed by atoms with Crippen molar-refractivity contribution in [2.75, 3.05) is 31.5 Å². The van der Waals surface area contributed by atoms with Gasteiger partial charge < -0.3 is 20.7 Å². The topological polar surface area (TPSA) is 62.9 Å². The second-order valence-corrected chi connectivity index (χ2v) is 7.35. The van der Waals surface area contributed by atoms with Gasteiger partial charge in [0.15, 0.2) is 11.7 Å². The van der Waals surface area contributed by atoms with Crippen LogP contribution in [0.25, 0.3) is 0 Å². The first-order valence-corrected chi connectivity index (χ1v) is 9.37. The number of rotatable bonds is 7. The van der Waals surface area contributed by atoms with E-state index in [2.05, 4.69) is 33.8 Å². The molecule has 1 fully saturated rings. The Morgan fingerprint density at radius 1 is 1.22 bits per heavy atom. The molecule has 1 saturated heterocycles. The van der Waals surface area contributed by atoms with E-state index >= 15 is 0 Å². The van der Waals surface area contributed by atoms with Gasteiger partial charge in [-0.25, -0.2) is 0 Å². The molecule has 27 heavy (non-hydrogen) atoms. The van der Waals surface area contributed by atoms with Crippen molar-refractivity contribution in [3.63, 3.8) is 0 Å². The number of ether oxygens (including phenoxy) is 1. The number of aliphatic imine (C=N–C) groups is 1. The molecule has 1 aliphatic heterocycles. The number of hydrogen-bond acceptors (Lipinski definition) is 3. The minimum absolute atomic E-state index is 0.0773. The predicted molar refractivity (Wildman–Crippen MR) is 102 cm³/mol. The molecule has 1 heterocycles. The summed E-state index contributed by atoms with van der Waals surface area (Å²) < 4.78 is 41.3. The number of alkyl halides is 3. The summed E-state index contributed by atoms with van der Waals surface area (Å²) in [6.45, 7) is 8.44. The Kier molecular flexibility index (Phi) is 7.77. The Labute approximate surface area is 158 Å². The monoisotopic (exact) mass is 386 g/mol. The lowest BCUT2D eigenvalue weighted by Gasteiger charge is -2.34. The second kappa shape index (κ2) is 9.82. The van der Waals surface area contributed by atoms with E-state index < -0.39 is 6.36 Å². The highest BCUT2D eigenvalue weighted by Gasteiger charge is 2.32. The molecule has 1 aliphatic rings. The maximum absolute atomic E-state index is 12.4. The molecule has 0 bridgehead atoms. The SMILES string of the molecule is CC1CC(C)CN(CCCCN=C(N)Nc2ccccc2OC(F)(F)F)C1. The van der Waals surface area contributed by atoms with E-state index in [9.17, 15) is 13.2 Å². The molecule has 5 nitrogen and oxygen atoms in total. The summed E-state index contributed by atoms with van der Waals surface area (Å²) in [6, 6.07) is 5.74. The lowest BCUT2D eigenvalue weighted by molar-refractivity contribution is -0.274. The van der Waals surface area contributed by atoms with Crippen LogP contribution in [0.5, 0.6) is 5.75 Å². The molecule has 3 N–H and O–H groups in total. The maximum Gasteiger partial charge on any atom is 0.573 e. The molecule has 0 aliphatic carbocycles. The third-order valence-electron chi connectivity index (χ3n) is 4.48. The summed E-state index contributed by atoms with van der Waals surface area (Å²) in [7, 11) is 0. The van der Waals surface area contributed by atoms with Gasteiger partial charge in [0.05, 0.1) is 5.69 Å². The van der Waals surface area contributed by atoms with Gasteiger partial charge in [-0.05, 0) is 49.8 Å². The normalized spacial score (nSPS) is 21.9. The van der Waals surface area contributed by atoms with Crippen molar-refractivity contribution in [1.29, 1.82) is 0 Å². The molecule has 0 radical (unpaired) electrons. The quantitative estimate of drug-likeness (QED) is 0.421. The smallest absolute Gasteiger partial charge is 0.404 e. The van der Waals surface area contributed by atoms with Crippen molar-refractivity contribution >= 4 is 11.6 Å². The summed E-state index contributed by atoms with van der Waals surface area (Å²) in [4.78, 5) is 6.69. The predicted octanol–water partition coefficient (Wildman–Crippen LogP) is 4.07. The summed E-state index contributed by atoms with van der Waals surface area (Å²) in [5.74, 6) is 1.22. The number of hydrogen-bond donors (Lipinski definition) is 2. The first-order valence-electron chi connectivity index (χ1n) is 9.37. The lowest BCUT2D eigenvalue weighted by Crippen LogP contribution is -2.39. The average molecular weight is 386 g/mol. The number of unbranched alkanes of at least 4 members (excludes halogenated alkanes) is 1. The fourth-order valence-electron chi connectivity index (χ4n) is 3.58. The Balaban J connectivity index is 1.75. The number of para-hydroxylation sites is 2. The number of piperidine rings is 1. The molecule has 0 saturated carbocycles. The van der Waals surface area contributed by atoms with Crippen molar-refractivity contribution < 1.29 is 17.9 Å². The third kappa shape index (κ3) is 8.07. The summed E-state index contributed by atoms with van der Waals surface area (Å²) in [5.41, 5.74) is 5.92. The van der Waals surface area contributed by atoms with Crippen LogP contribution in [0.3, 0.4) is 0 Å². The Hall–Kier alpha value is -1.96. The molecular weight excluding hydrogens is 357 g/mol. The molecular formula is C19H29F3N4O. The van der Waals surface area contributed by atoms with Gasteiger partial charge in [0, 0.05) is 19.6 Å². The van der Waals surface area contributed by atoms with Gasteiger partial charge in [0.2, 0.25) is 0 Å². The van der Waals surface area contributed by atoms with Crippen LogP contribution in [0, 0.1) is 11.8 Å². The van der Waals surface area contributed by atoms with Crippen molar-refractivity contribution in [2.24, 2.45) is 22.6 Å². The number of anilines is 1. The van der Waals surface area contributed by atoms with Crippen LogP contribution in [0.15, 0.2) is 29.3 Å². The van der Waals surface area contributed by atoms with E-state index in [0.29, 0.717) is 6.54 Å². The molecule has 0 aromatic heterocycles. The standard InChI is InChI=1S/C19H29F3N4O/c1-14-11-15(2)13-26(12-14)10-6-5-9-24-18(23)25-16-7-3-4-8-17(16)27-19(20,21)22/h3-4,7-8,14-15H,5-6,9-13H2,1-2H3,(H3,23,24,25). The van der Waals surface area contributed by atoms with Gasteiger partial charge in [-0.2, -0.15) is 0 Å². The molecule has 2 unspecified atom stereocenters. The molecule has 8 heteroatoms. The fraction of sp³-hybridized carbons (Fsp3) is 0.632. The van der Waals surface area contributed by atoms with E-state index in [-0.39, 0.29) is 17.4 Å². The fourth-order valence-corrected chi connectivity index (χ4v) is 3.58. The van der Waals surface area contributed by atoms with Crippen LogP contribution in [0.1, 0.15) is 33.1 Å². The van der Waals surface area contributed by atoms with Gasteiger partial charge in [0.1, 0.15) is 0 Å². The summed E-state index contributed by atoms with van der Waals surface area (Å²) >= 11 is 0. The number of nitrogens with two attached hydrogens (primary N) is 1. The highest BCUT2D eigenvalue weighted by atomic mass is 19.4. The zero-order valence-corrected chi connectivity index (χ0v) is 15.9.